The number of aryl methyl sites for hydroxylation is 1. The van der Waals surface area contributed by atoms with Gasteiger partial charge in [-0.1, -0.05) is 36.4 Å². The Bertz CT molecular complexity index is 1280. The lowest BCUT2D eigenvalue weighted by Crippen LogP contribution is -2.24. The summed E-state index contributed by atoms with van der Waals surface area (Å²) in [5.41, 5.74) is -0.582. The Morgan fingerprint density at radius 2 is 1.46 bits per heavy atom. The van der Waals surface area contributed by atoms with Gasteiger partial charge >= 0.3 is 0 Å². The second kappa shape index (κ2) is 11.9. The van der Waals surface area contributed by atoms with E-state index in [1.807, 2.05) is 19.1 Å². The van der Waals surface area contributed by atoms with Crippen LogP contribution in [0.5, 0.6) is 5.75 Å². The first kappa shape index (κ1) is 26.9. The van der Waals surface area contributed by atoms with Gasteiger partial charge in [0.05, 0.1) is 19.3 Å². The highest BCUT2D eigenvalue weighted by molar-refractivity contribution is 5.73. The van der Waals surface area contributed by atoms with Crippen molar-refractivity contribution < 1.29 is 31.4 Å². The smallest absolute Gasteiger partial charge is 0.201 e. The van der Waals surface area contributed by atoms with E-state index in [4.69, 9.17) is 9.47 Å². The van der Waals surface area contributed by atoms with E-state index >= 15 is 4.39 Å². The number of hydrogen-bond donors (Lipinski definition) is 0. The van der Waals surface area contributed by atoms with E-state index < -0.39 is 40.2 Å². The molecule has 4 rings (SSSR count). The molecule has 0 spiro atoms. The van der Waals surface area contributed by atoms with Crippen molar-refractivity contribution >= 4 is 0 Å². The largest absolute Gasteiger partial charge is 0.491 e. The van der Waals surface area contributed by atoms with E-state index in [0.29, 0.717) is 18.9 Å². The molecule has 1 fully saturated rings. The molecule has 196 valence electrons. The first-order chi connectivity index (χ1) is 17.8. The van der Waals surface area contributed by atoms with Crippen LogP contribution >= 0.6 is 0 Å². The molecule has 0 aromatic heterocycles. The second-order valence-electron chi connectivity index (χ2n) is 9.15. The van der Waals surface area contributed by atoms with Gasteiger partial charge in [-0.05, 0) is 69.2 Å². The van der Waals surface area contributed by atoms with Crippen molar-refractivity contribution in [1.29, 1.82) is 0 Å². The van der Waals surface area contributed by atoms with E-state index in [1.165, 1.54) is 18.2 Å². The molecule has 0 radical (unpaired) electrons. The molecule has 0 amide bonds. The Labute approximate surface area is 213 Å². The number of allylic oxidation sites excluding steroid dienone is 1. The molecule has 3 aromatic rings. The minimum atomic E-state index is -1.39. The molecule has 0 bridgehead atoms. The van der Waals surface area contributed by atoms with Crippen molar-refractivity contribution in [2.45, 2.75) is 45.6 Å². The molecule has 2 nitrogen and oxygen atoms in total. The zero-order valence-electron chi connectivity index (χ0n) is 20.8. The predicted molar refractivity (Wildman–Crippen MR) is 134 cm³/mol. The van der Waals surface area contributed by atoms with E-state index in [2.05, 4.69) is 0 Å². The molecule has 37 heavy (non-hydrogen) atoms. The monoisotopic (exact) mass is 516 g/mol. The Kier molecular flexibility index (Phi) is 8.64. The number of ether oxygens (including phenoxy) is 2. The summed E-state index contributed by atoms with van der Waals surface area (Å²) in [4.78, 5) is 0. The number of rotatable bonds is 8. The van der Waals surface area contributed by atoms with Crippen molar-refractivity contribution in [2.75, 3.05) is 13.2 Å². The van der Waals surface area contributed by atoms with E-state index in [9.17, 15) is 17.6 Å². The van der Waals surface area contributed by atoms with Gasteiger partial charge in [0.25, 0.3) is 0 Å². The maximum absolute atomic E-state index is 15.0. The third kappa shape index (κ3) is 5.87. The average molecular weight is 517 g/mol. The Hall–Kier alpha value is -3.19. The van der Waals surface area contributed by atoms with Gasteiger partial charge in [0.15, 0.2) is 23.2 Å². The third-order valence-electron chi connectivity index (χ3n) is 6.70. The second-order valence-corrected chi connectivity index (χ2v) is 9.15. The molecular formula is C30H29F5O2. The molecular weight excluding hydrogens is 487 g/mol. The van der Waals surface area contributed by atoms with Crippen LogP contribution in [0.1, 0.15) is 38.7 Å². The minimum Gasteiger partial charge on any atom is -0.491 e. The van der Waals surface area contributed by atoms with Crippen LogP contribution < -0.4 is 4.74 Å². The van der Waals surface area contributed by atoms with Gasteiger partial charge < -0.3 is 9.47 Å². The molecule has 0 aliphatic carbocycles. The van der Waals surface area contributed by atoms with Crippen LogP contribution in [0.15, 0.2) is 54.6 Å². The van der Waals surface area contributed by atoms with Crippen LogP contribution in [0.4, 0.5) is 22.0 Å². The number of halogens is 5. The lowest BCUT2D eigenvalue weighted by atomic mass is 9.91. The first-order valence-electron chi connectivity index (χ1n) is 12.5. The fraction of sp³-hybridized carbons (Fsp3) is 0.333. The van der Waals surface area contributed by atoms with Crippen LogP contribution in [-0.4, -0.2) is 19.3 Å². The minimum absolute atomic E-state index is 0.111. The van der Waals surface area contributed by atoms with Gasteiger partial charge in [0.2, 0.25) is 5.82 Å². The highest BCUT2D eigenvalue weighted by atomic mass is 19.2. The molecule has 1 aliphatic heterocycles. The summed E-state index contributed by atoms with van der Waals surface area (Å²) in [6.45, 7) is 4.34. The molecule has 0 saturated carbocycles. The van der Waals surface area contributed by atoms with Crippen LogP contribution in [0.25, 0.3) is 22.3 Å². The molecule has 2 atom stereocenters. The number of hydrogen-bond acceptors (Lipinski definition) is 2. The Morgan fingerprint density at radius 3 is 2.05 bits per heavy atom. The van der Waals surface area contributed by atoms with E-state index in [-0.39, 0.29) is 29.6 Å². The van der Waals surface area contributed by atoms with Gasteiger partial charge in [0.1, 0.15) is 5.82 Å². The molecule has 0 N–H and O–H groups in total. The maximum Gasteiger partial charge on any atom is 0.201 e. The summed E-state index contributed by atoms with van der Waals surface area (Å²) in [5.74, 6) is -6.00. The van der Waals surface area contributed by atoms with Gasteiger partial charge in [-0.15, -0.1) is 0 Å². The van der Waals surface area contributed by atoms with Crippen molar-refractivity contribution in [2.24, 2.45) is 5.92 Å². The van der Waals surface area contributed by atoms with Crippen LogP contribution in [0.3, 0.4) is 0 Å². The number of benzene rings is 3. The quantitative estimate of drug-likeness (QED) is 0.221. The lowest BCUT2D eigenvalue weighted by molar-refractivity contribution is 0.00862. The van der Waals surface area contributed by atoms with E-state index in [0.717, 1.165) is 43.0 Å². The highest BCUT2D eigenvalue weighted by Gasteiger charge is 2.23. The zero-order chi connectivity index (χ0) is 26.5. The fourth-order valence-electron chi connectivity index (χ4n) is 4.70. The van der Waals surface area contributed by atoms with Crippen LogP contribution in [0, 0.1) is 35.0 Å². The van der Waals surface area contributed by atoms with Crippen molar-refractivity contribution in [3.8, 4) is 28.0 Å². The average Bonchev–Trinajstić information content (AvgIpc) is 2.89. The molecule has 7 heteroatoms. The van der Waals surface area contributed by atoms with Crippen LogP contribution in [0.2, 0.25) is 0 Å². The Morgan fingerprint density at radius 1 is 0.838 bits per heavy atom. The molecule has 1 aliphatic rings. The van der Waals surface area contributed by atoms with E-state index in [1.54, 1.807) is 13.0 Å². The summed E-state index contributed by atoms with van der Waals surface area (Å²) in [7, 11) is 0. The van der Waals surface area contributed by atoms with Crippen molar-refractivity contribution in [3.05, 3.63) is 89.3 Å². The lowest BCUT2D eigenvalue weighted by Gasteiger charge is -2.27. The summed E-state index contributed by atoms with van der Waals surface area (Å²) in [6, 6.07) is 8.99. The predicted octanol–water partition coefficient (Wildman–Crippen LogP) is 8.42. The molecule has 3 aromatic carbocycles. The van der Waals surface area contributed by atoms with Gasteiger partial charge in [-0.25, -0.2) is 17.6 Å². The standard InChI is InChI=1S/C30H29F5O2/c1-3-5-20-10-8-19(17-37-20)7-6-18-9-11-21(25(31)16-18)22-12-13-23(28(33)27(22)32)24-14-15-26(36-4-2)30(35)29(24)34/h3,5,9,11-16,19-20H,4,6-8,10,17H2,1-2H3/b5-3+. The first-order valence-corrected chi connectivity index (χ1v) is 12.5. The molecule has 2 unspecified atom stereocenters. The summed E-state index contributed by atoms with van der Waals surface area (Å²) in [5, 5.41) is 0. The SMILES string of the molecule is C/C=C/C1CCC(CCc2ccc(-c3ccc(-c4ccc(OCC)c(F)c4F)c(F)c3F)c(F)c2)CO1. The van der Waals surface area contributed by atoms with Gasteiger partial charge in [-0.2, -0.15) is 4.39 Å². The van der Waals surface area contributed by atoms with Crippen LogP contribution in [-0.2, 0) is 11.2 Å². The van der Waals surface area contributed by atoms with Gasteiger partial charge in [-0.3, -0.25) is 0 Å². The summed E-state index contributed by atoms with van der Waals surface area (Å²) >= 11 is 0. The highest BCUT2D eigenvalue weighted by Crippen LogP contribution is 2.36. The maximum atomic E-state index is 15.0. The topological polar surface area (TPSA) is 18.5 Å². The normalized spacial score (nSPS) is 17.9. The fourth-order valence-corrected chi connectivity index (χ4v) is 4.70. The summed E-state index contributed by atoms with van der Waals surface area (Å²) < 4.78 is 84.6. The Balaban J connectivity index is 1.51. The molecule has 1 saturated heterocycles. The third-order valence-corrected chi connectivity index (χ3v) is 6.70. The molecule has 1 heterocycles. The summed E-state index contributed by atoms with van der Waals surface area (Å²) in [6.07, 6.45) is 7.65. The van der Waals surface area contributed by atoms with Gasteiger partial charge in [0, 0.05) is 22.3 Å². The van der Waals surface area contributed by atoms with Crippen molar-refractivity contribution in [1.82, 2.24) is 0 Å². The van der Waals surface area contributed by atoms with Crippen molar-refractivity contribution in [3.63, 3.8) is 0 Å². The zero-order valence-corrected chi connectivity index (χ0v) is 20.8.